The van der Waals surface area contributed by atoms with Crippen LogP contribution in [0.1, 0.15) is 35.7 Å². The summed E-state index contributed by atoms with van der Waals surface area (Å²) in [6, 6.07) is 5.19. The lowest BCUT2D eigenvalue weighted by molar-refractivity contribution is -0.132. The van der Waals surface area contributed by atoms with Crippen LogP contribution in [0.15, 0.2) is 18.2 Å². The van der Waals surface area contributed by atoms with Gasteiger partial charge >= 0.3 is 6.18 Å². The molecule has 0 bridgehead atoms. The monoisotopic (exact) mass is 288 g/mol. The average Bonchev–Trinajstić information content (AvgIpc) is 2.34. The van der Waals surface area contributed by atoms with Gasteiger partial charge in [0, 0.05) is 24.3 Å². The fourth-order valence-electron chi connectivity index (χ4n) is 1.71. The molecule has 0 fully saturated rings. The third-order valence-electron chi connectivity index (χ3n) is 2.74. The van der Waals surface area contributed by atoms with E-state index in [2.05, 4.69) is 10.6 Å². The molecule has 0 radical (unpaired) electrons. The van der Waals surface area contributed by atoms with Gasteiger partial charge in [0.15, 0.2) is 0 Å². The summed E-state index contributed by atoms with van der Waals surface area (Å²) in [4.78, 5) is 11.8. The molecule has 0 aliphatic heterocycles. The van der Waals surface area contributed by atoms with Crippen LogP contribution in [0, 0.1) is 6.92 Å². The molecule has 0 aromatic heterocycles. The zero-order valence-electron chi connectivity index (χ0n) is 11.6. The predicted octanol–water partition coefficient (Wildman–Crippen LogP) is 3.50. The number of hydrogen-bond acceptors (Lipinski definition) is 2. The van der Waals surface area contributed by atoms with Crippen molar-refractivity contribution in [1.82, 2.24) is 5.32 Å². The highest BCUT2D eigenvalue weighted by Gasteiger charge is 2.26. The maximum absolute atomic E-state index is 12.0. The molecular formula is C14H19F3N2O. The number of carbonyl (C=O) groups is 1. The summed E-state index contributed by atoms with van der Waals surface area (Å²) in [5.74, 6) is -0.478. The van der Waals surface area contributed by atoms with Gasteiger partial charge in [0.1, 0.15) is 0 Å². The molecule has 0 unspecified atom stereocenters. The Labute approximate surface area is 116 Å². The first-order valence-electron chi connectivity index (χ1n) is 6.53. The number of benzene rings is 1. The van der Waals surface area contributed by atoms with Gasteiger partial charge in [-0.2, -0.15) is 13.2 Å². The topological polar surface area (TPSA) is 41.1 Å². The lowest BCUT2D eigenvalue weighted by atomic mass is 10.1. The van der Waals surface area contributed by atoms with Crippen LogP contribution in [-0.2, 0) is 0 Å². The van der Waals surface area contributed by atoms with Gasteiger partial charge in [-0.25, -0.2) is 0 Å². The van der Waals surface area contributed by atoms with Crippen molar-refractivity contribution in [2.45, 2.75) is 32.9 Å². The molecule has 0 heterocycles. The second-order valence-electron chi connectivity index (χ2n) is 4.58. The van der Waals surface area contributed by atoms with Crippen LogP contribution in [0.3, 0.4) is 0 Å². The standard InChI is InChI=1S/C14H19F3N2O/c1-3-7-18-11-4-5-12(10(2)9-11)13(20)19-8-6-14(15,16)17/h4-5,9,18H,3,6-8H2,1-2H3,(H,19,20). The van der Waals surface area contributed by atoms with Crippen LogP contribution < -0.4 is 10.6 Å². The van der Waals surface area contributed by atoms with Crippen molar-refractivity contribution >= 4 is 11.6 Å². The van der Waals surface area contributed by atoms with E-state index in [0.717, 1.165) is 24.2 Å². The van der Waals surface area contributed by atoms with Gasteiger partial charge in [-0.1, -0.05) is 6.92 Å². The number of anilines is 1. The summed E-state index contributed by atoms with van der Waals surface area (Å²) in [7, 11) is 0. The molecule has 1 aromatic rings. The van der Waals surface area contributed by atoms with E-state index in [9.17, 15) is 18.0 Å². The van der Waals surface area contributed by atoms with Crippen LogP contribution in [-0.4, -0.2) is 25.2 Å². The van der Waals surface area contributed by atoms with E-state index in [0.29, 0.717) is 5.56 Å². The van der Waals surface area contributed by atoms with Crippen molar-refractivity contribution in [2.24, 2.45) is 0 Å². The molecule has 1 rings (SSSR count). The summed E-state index contributed by atoms with van der Waals surface area (Å²) >= 11 is 0. The highest BCUT2D eigenvalue weighted by Crippen LogP contribution is 2.19. The molecule has 3 nitrogen and oxygen atoms in total. The van der Waals surface area contributed by atoms with Gasteiger partial charge in [0.2, 0.25) is 0 Å². The van der Waals surface area contributed by atoms with E-state index < -0.39 is 25.0 Å². The minimum absolute atomic E-state index is 0.397. The van der Waals surface area contributed by atoms with Crippen molar-refractivity contribution in [3.8, 4) is 0 Å². The SMILES string of the molecule is CCCNc1ccc(C(=O)NCCC(F)(F)F)c(C)c1. The maximum atomic E-state index is 12.0. The van der Waals surface area contributed by atoms with Crippen molar-refractivity contribution < 1.29 is 18.0 Å². The predicted molar refractivity (Wildman–Crippen MR) is 73.0 cm³/mol. The Balaban J connectivity index is 2.60. The molecule has 0 saturated heterocycles. The largest absolute Gasteiger partial charge is 0.390 e. The van der Waals surface area contributed by atoms with Crippen molar-refractivity contribution in [3.63, 3.8) is 0 Å². The van der Waals surface area contributed by atoms with Gasteiger partial charge in [0.25, 0.3) is 5.91 Å². The zero-order valence-corrected chi connectivity index (χ0v) is 11.6. The normalized spacial score (nSPS) is 11.2. The molecule has 1 amide bonds. The van der Waals surface area contributed by atoms with Crippen LogP contribution in [0.4, 0.5) is 18.9 Å². The number of amides is 1. The number of nitrogens with one attached hydrogen (secondary N) is 2. The van der Waals surface area contributed by atoms with Crippen molar-refractivity contribution in [2.75, 3.05) is 18.4 Å². The average molecular weight is 288 g/mol. The van der Waals surface area contributed by atoms with Gasteiger partial charge in [0.05, 0.1) is 6.42 Å². The second-order valence-corrected chi connectivity index (χ2v) is 4.58. The summed E-state index contributed by atoms with van der Waals surface area (Å²) < 4.78 is 36.0. The molecule has 1 aromatic carbocycles. The van der Waals surface area contributed by atoms with Gasteiger partial charge in [-0.3, -0.25) is 4.79 Å². The molecule has 0 aliphatic rings. The zero-order chi connectivity index (χ0) is 15.2. The first-order valence-corrected chi connectivity index (χ1v) is 6.53. The van der Waals surface area contributed by atoms with Crippen LogP contribution in [0.2, 0.25) is 0 Å². The summed E-state index contributed by atoms with van der Waals surface area (Å²) in [6.07, 6.45) is -4.29. The molecule has 0 aliphatic carbocycles. The Morgan fingerprint density at radius 1 is 1.25 bits per heavy atom. The highest BCUT2D eigenvalue weighted by molar-refractivity contribution is 5.96. The number of rotatable bonds is 6. The fourth-order valence-corrected chi connectivity index (χ4v) is 1.71. The first-order chi connectivity index (χ1) is 9.33. The number of hydrogen-bond donors (Lipinski definition) is 2. The molecule has 0 saturated carbocycles. The smallest absolute Gasteiger partial charge is 0.385 e. The number of carbonyl (C=O) groups excluding carboxylic acids is 1. The Kier molecular flexibility index (Phi) is 5.85. The molecule has 2 N–H and O–H groups in total. The maximum Gasteiger partial charge on any atom is 0.390 e. The summed E-state index contributed by atoms with van der Waals surface area (Å²) in [5.41, 5.74) is 2.03. The Bertz CT molecular complexity index is 458. The lowest BCUT2D eigenvalue weighted by Crippen LogP contribution is -2.28. The van der Waals surface area contributed by atoms with E-state index in [4.69, 9.17) is 0 Å². The minimum atomic E-state index is -4.25. The second kappa shape index (κ2) is 7.17. The number of aryl methyl sites for hydroxylation is 1. The van der Waals surface area contributed by atoms with Gasteiger partial charge in [-0.15, -0.1) is 0 Å². The van der Waals surface area contributed by atoms with E-state index in [1.165, 1.54) is 0 Å². The molecule has 0 spiro atoms. The van der Waals surface area contributed by atoms with Crippen molar-refractivity contribution in [1.29, 1.82) is 0 Å². The van der Waals surface area contributed by atoms with E-state index in [1.807, 2.05) is 13.0 Å². The van der Waals surface area contributed by atoms with E-state index >= 15 is 0 Å². The molecule has 0 atom stereocenters. The number of halogens is 3. The quantitative estimate of drug-likeness (QED) is 0.841. The molecule has 20 heavy (non-hydrogen) atoms. The van der Waals surface area contributed by atoms with E-state index in [-0.39, 0.29) is 0 Å². The number of alkyl halides is 3. The summed E-state index contributed by atoms with van der Waals surface area (Å²) in [6.45, 7) is 4.23. The summed E-state index contributed by atoms with van der Waals surface area (Å²) in [5, 5.41) is 5.46. The van der Waals surface area contributed by atoms with Gasteiger partial charge < -0.3 is 10.6 Å². The van der Waals surface area contributed by atoms with Gasteiger partial charge in [-0.05, 0) is 37.1 Å². The van der Waals surface area contributed by atoms with Crippen LogP contribution in [0.5, 0.6) is 0 Å². The third-order valence-corrected chi connectivity index (χ3v) is 2.74. The molecular weight excluding hydrogens is 269 g/mol. The minimum Gasteiger partial charge on any atom is -0.385 e. The Morgan fingerprint density at radius 2 is 1.95 bits per heavy atom. The molecule has 6 heteroatoms. The third kappa shape index (κ3) is 5.50. The van der Waals surface area contributed by atoms with E-state index in [1.54, 1.807) is 19.1 Å². The first kappa shape index (κ1) is 16.3. The fraction of sp³-hybridized carbons (Fsp3) is 0.500. The highest BCUT2D eigenvalue weighted by atomic mass is 19.4. The Morgan fingerprint density at radius 3 is 2.50 bits per heavy atom. The van der Waals surface area contributed by atoms with Crippen molar-refractivity contribution in [3.05, 3.63) is 29.3 Å². The lowest BCUT2D eigenvalue weighted by Gasteiger charge is -2.11. The molecule has 112 valence electrons. The Hall–Kier alpha value is -1.72. The van der Waals surface area contributed by atoms with Crippen LogP contribution in [0.25, 0.3) is 0 Å². The van der Waals surface area contributed by atoms with Crippen LogP contribution >= 0.6 is 0 Å².